The highest BCUT2D eigenvalue weighted by Crippen LogP contribution is 2.41. The zero-order chi connectivity index (χ0) is 12.4. The molecule has 0 spiro atoms. The Morgan fingerprint density at radius 1 is 1.33 bits per heavy atom. The van der Waals surface area contributed by atoms with Gasteiger partial charge in [-0.05, 0) is 30.2 Å². The second-order valence-corrected chi connectivity index (χ2v) is 6.56. The molecule has 1 aromatic carbocycles. The van der Waals surface area contributed by atoms with Crippen molar-refractivity contribution < 1.29 is 0 Å². The van der Waals surface area contributed by atoms with Crippen LogP contribution in [0.25, 0.3) is 0 Å². The number of aliphatic imine (C=N–C) groups is 1. The van der Waals surface area contributed by atoms with Crippen LogP contribution in [0, 0.1) is 5.92 Å². The van der Waals surface area contributed by atoms with Crippen molar-refractivity contribution in [3.63, 3.8) is 0 Å². The van der Waals surface area contributed by atoms with E-state index in [0.717, 1.165) is 29.4 Å². The van der Waals surface area contributed by atoms with Gasteiger partial charge in [0, 0.05) is 11.8 Å². The van der Waals surface area contributed by atoms with E-state index in [1.54, 1.807) is 0 Å². The monoisotopic (exact) mass is 260 g/mol. The molecule has 3 rings (SSSR count). The fraction of sp³-hybridized carbons (Fsp3) is 0.533. The molecule has 2 nitrogen and oxygen atoms in total. The number of benzene rings is 1. The van der Waals surface area contributed by atoms with Crippen molar-refractivity contribution in [2.75, 3.05) is 13.1 Å². The summed E-state index contributed by atoms with van der Waals surface area (Å²) in [5, 5.41) is 5.43. The van der Waals surface area contributed by atoms with Crippen molar-refractivity contribution in [2.45, 2.75) is 30.9 Å². The topological polar surface area (TPSA) is 24.4 Å². The van der Waals surface area contributed by atoms with Gasteiger partial charge in [-0.2, -0.15) is 0 Å². The van der Waals surface area contributed by atoms with Crippen molar-refractivity contribution in [3.05, 3.63) is 35.9 Å². The third-order valence-corrected chi connectivity index (χ3v) is 5.09. The maximum Gasteiger partial charge on any atom is 0.156 e. The van der Waals surface area contributed by atoms with Gasteiger partial charge >= 0.3 is 0 Å². The van der Waals surface area contributed by atoms with Gasteiger partial charge in [0.25, 0.3) is 0 Å². The number of hydrogen-bond donors (Lipinski definition) is 1. The number of amidine groups is 1. The van der Waals surface area contributed by atoms with Gasteiger partial charge in [-0.15, -0.1) is 0 Å². The molecule has 0 amide bonds. The van der Waals surface area contributed by atoms with Crippen molar-refractivity contribution in [1.29, 1.82) is 0 Å². The van der Waals surface area contributed by atoms with Crippen LogP contribution in [0.4, 0.5) is 0 Å². The van der Waals surface area contributed by atoms with E-state index in [9.17, 15) is 0 Å². The molecular weight excluding hydrogens is 240 g/mol. The van der Waals surface area contributed by atoms with Crippen LogP contribution in [0.1, 0.15) is 31.2 Å². The molecule has 3 heteroatoms. The summed E-state index contributed by atoms with van der Waals surface area (Å²) in [6.45, 7) is 4.27. The van der Waals surface area contributed by atoms with E-state index in [0.29, 0.717) is 5.92 Å². The smallest absolute Gasteiger partial charge is 0.156 e. The molecule has 1 aliphatic heterocycles. The number of nitrogens with zero attached hydrogens (tertiary/aromatic N) is 1. The maximum atomic E-state index is 4.61. The normalized spacial score (nSPS) is 24.7. The summed E-state index contributed by atoms with van der Waals surface area (Å²) in [6, 6.07) is 10.7. The summed E-state index contributed by atoms with van der Waals surface area (Å²) >= 11 is 1.96. The van der Waals surface area contributed by atoms with Gasteiger partial charge in [-0.25, -0.2) is 0 Å². The molecule has 0 aromatic heterocycles. The summed E-state index contributed by atoms with van der Waals surface area (Å²) in [7, 11) is 0. The molecule has 18 heavy (non-hydrogen) atoms. The molecule has 1 fully saturated rings. The summed E-state index contributed by atoms with van der Waals surface area (Å²) in [5.74, 6) is 1.49. The number of rotatable bonds is 4. The molecule has 2 atom stereocenters. The third kappa shape index (κ3) is 2.89. The first-order chi connectivity index (χ1) is 8.83. The maximum absolute atomic E-state index is 4.61. The van der Waals surface area contributed by atoms with E-state index < -0.39 is 0 Å². The highest BCUT2D eigenvalue weighted by Gasteiger charge is 2.35. The Kier molecular flexibility index (Phi) is 3.59. The SMILES string of the molecule is CC(CNC1=NCC(C2CC2)S1)c1ccccc1. The molecular formula is C15H20N2S. The van der Waals surface area contributed by atoms with Gasteiger partial charge in [-0.1, -0.05) is 49.0 Å². The van der Waals surface area contributed by atoms with Crippen molar-refractivity contribution in [2.24, 2.45) is 10.9 Å². The molecule has 2 aliphatic rings. The van der Waals surface area contributed by atoms with E-state index in [2.05, 4.69) is 47.6 Å². The third-order valence-electron chi connectivity index (χ3n) is 3.75. The summed E-state index contributed by atoms with van der Waals surface area (Å²) in [6.07, 6.45) is 2.84. The molecule has 1 saturated carbocycles. The van der Waals surface area contributed by atoms with Crippen LogP contribution in [0.2, 0.25) is 0 Å². The molecule has 2 unspecified atom stereocenters. The van der Waals surface area contributed by atoms with Gasteiger partial charge in [-0.3, -0.25) is 4.99 Å². The van der Waals surface area contributed by atoms with Crippen LogP contribution in [0.3, 0.4) is 0 Å². The number of thioether (sulfide) groups is 1. The molecule has 0 bridgehead atoms. The lowest BCUT2D eigenvalue weighted by molar-refractivity contribution is 0.722. The summed E-state index contributed by atoms with van der Waals surface area (Å²) in [4.78, 5) is 4.61. The Labute approximate surface area is 113 Å². The molecule has 0 radical (unpaired) electrons. The van der Waals surface area contributed by atoms with Gasteiger partial charge in [0.15, 0.2) is 5.17 Å². The summed E-state index contributed by atoms with van der Waals surface area (Å²) < 4.78 is 0. The lowest BCUT2D eigenvalue weighted by Crippen LogP contribution is -2.24. The van der Waals surface area contributed by atoms with E-state index in [1.807, 2.05) is 11.8 Å². The molecule has 1 heterocycles. The predicted octanol–water partition coefficient (Wildman–Crippen LogP) is 3.26. The summed E-state index contributed by atoms with van der Waals surface area (Å²) in [5.41, 5.74) is 1.40. The zero-order valence-corrected chi connectivity index (χ0v) is 11.6. The van der Waals surface area contributed by atoms with Crippen LogP contribution in [0.5, 0.6) is 0 Å². The van der Waals surface area contributed by atoms with E-state index >= 15 is 0 Å². The number of hydrogen-bond acceptors (Lipinski definition) is 3. The van der Waals surface area contributed by atoms with Crippen LogP contribution in [0.15, 0.2) is 35.3 Å². The standard InChI is InChI=1S/C15H20N2S/c1-11(12-5-3-2-4-6-12)9-16-15-17-10-14(18-15)13-7-8-13/h2-6,11,13-14H,7-10H2,1H3,(H,16,17). The molecule has 1 N–H and O–H groups in total. The van der Waals surface area contributed by atoms with Crippen LogP contribution in [-0.2, 0) is 0 Å². The van der Waals surface area contributed by atoms with Crippen LogP contribution in [-0.4, -0.2) is 23.5 Å². The largest absolute Gasteiger partial charge is 0.364 e. The average Bonchev–Trinajstić information content (AvgIpc) is 3.16. The average molecular weight is 260 g/mol. The Hall–Kier alpha value is -0.960. The van der Waals surface area contributed by atoms with Gasteiger partial charge in [0.05, 0.1) is 6.54 Å². The van der Waals surface area contributed by atoms with E-state index in [1.165, 1.54) is 18.4 Å². The molecule has 1 aromatic rings. The second kappa shape index (κ2) is 5.35. The van der Waals surface area contributed by atoms with Gasteiger partial charge < -0.3 is 5.32 Å². The van der Waals surface area contributed by atoms with Crippen molar-refractivity contribution >= 4 is 16.9 Å². The molecule has 96 valence electrons. The fourth-order valence-corrected chi connectivity index (χ4v) is 3.56. The van der Waals surface area contributed by atoms with Crippen molar-refractivity contribution in [3.8, 4) is 0 Å². The van der Waals surface area contributed by atoms with Gasteiger partial charge in [0.2, 0.25) is 0 Å². The first kappa shape index (κ1) is 12.1. The second-order valence-electron chi connectivity index (χ2n) is 5.33. The zero-order valence-electron chi connectivity index (χ0n) is 10.8. The minimum absolute atomic E-state index is 0.537. The predicted molar refractivity (Wildman–Crippen MR) is 79.3 cm³/mol. The van der Waals surface area contributed by atoms with Crippen LogP contribution < -0.4 is 5.32 Å². The van der Waals surface area contributed by atoms with Gasteiger partial charge in [0.1, 0.15) is 0 Å². The quantitative estimate of drug-likeness (QED) is 0.898. The minimum Gasteiger partial charge on any atom is -0.364 e. The minimum atomic E-state index is 0.537. The van der Waals surface area contributed by atoms with E-state index in [4.69, 9.17) is 0 Å². The number of nitrogens with one attached hydrogen (secondary N) is 1. The lowest BCUT2D eigenvalue weighted by atomic mass is 10.0. The molecule has 0 saturated heterocycles. The van der Waals surface area contributed by atoms with Crippen LogP contribution >= 0.6 is 11.8 Å². The Morgan fingerprint density at radius 2 is 2.11 bits per heavy atom. The molecule has 1 aliphatic carbocycles. The first-order valence-electron chi connectivity index (χ1n) is 6.83. The Balaban J connectivity index is 1.47. The first-order valence-corrected chi connectivity index (χ1v) is 7.71. The van der Waals surface area contributed by atoms with Crippen molar-refractivity contribution in [1.82, 2.24) is 5.32 Å². The van der Waals surface area contributed by atoms with E-state index in [-0.39, 0.29) is 0 Å². The Morgan fingerprint density at radius 3 is 2.83 bits per heavy atom. The lowest BCUT2D eigenvalue weighted by Gasteiger charge is -2.14. The highest BCUT2D eigenvalue weighted by atomic mass is 32.2. The Bertz CT molecular complexity index is 425. The highest BCUT2D eigenvalue weighted by molar-refractivity contribution is 8.14. The fourth-order valence-electron chi connectivity index (χ4n) is 2.34.